The number of carbonyl (C=O) groups is 2. The number of hydrogen-bond acceptors (Lipinski definition) is 4. The van der Waals surface area contributed by atoms with Gasteiger partial charge in [0.25, 0.3) is 0 Å². The molecule has 0 heterocycles. The summed E-state index contributed by atoms with van der Waals surface area (Å²) in [4.78, 5) is 20.9. The highest BCUT2D eigenvalue weighted by Gasteiger charge is 2.51. The minimum absolute atomic E-state index is 0.0484. The van der Waals surface area contributed by atoms with E-state index in [0.29, 0.717) is 19.5 Å². The summed E-state index contributed by atoms with van der Waals surface area (Å²) in [5.74, 6) is -5.65. The molecule has 0 aliphatic rings. The van der Waals surface area contributed by atoms with E-state index in [1.807, 2.05) is 0 Å². The molecule has 0 aliphatic carbocycles. The van der Waals surface area contributed by atoms with Gasteiger partial charge in [-0.25, -0.2) is 0 Å². The van der Waals surface area contributed by atoms with Gasteiger partial charge in [0.05, 0.1) is 0 Å². The zero-order valence-corrected chi connectivity index (χ0v) is 10.9. The van der Waals surface area contributed by atoms with Crippen molar-refractivity contribution in [1.82, 2.24) is 10.2 Å². The van der Waals surface area contributed by atoms with E-state index in [-0.39, 0.29) is 13.0 Å². The molecule has 3 N–H and O–H groups in total. The highest BCUT2D eigenvalue weighted by molar-refractivity contribution is 6.00. The maximum absolute atomic E-state index is 12.2. The topological polar surface area (TPSA) is 75.4 Å². The highest BCUT2D eigenvalue weighted by Crippen LogP contribution is 2.24. The summed E-state index contributed by atoms with van der Waals surface area (Å²) in [5.41, 5.74) is 5.18. The number of amides is 2. The van der Waals surface area contributed by atoms with Gasteiger partial charge in [-0.3, -0.25) is 14.5 Å². The molecule has 0 spiro atoms. The molecular weight excluding hydrogens is 308 g/mol. The summed E-state index contributed by atoms with van der Waals surface area (Å²) in [6, 6.07) is 0. The maximum Gasteiger partial charge on any atom is 0.471 e. The largest absolute Gasteiger partial charge is 0.471 e. The van der Waals surface area contributed by atoms with Gasteiger partial charge >= 0.3 is 24.2 Å². The average Bonchev–Trinajstić information content (AvgIpc) is 2.34. The van der Waals surface area contributed by atoms with Gasteiger partial charge in [0.2, 0.25) is 0 Å². The van der Waals surface area contributed by atoms with Crippen molar-refractivity contribution in [3.63, 3.8) is 0 Å². The number of rotatable bonds is 7. The lowest BCUT2D eigenvalue weighted by Gasteiger charge is -2.22. The second kappa shape index (κ2) is 8.17. The number of nitrogens with one attached hydrogen (secondary N) is 1. The number of carbonyl (C=O) groups excluding carboxylic acids is 2. The van der Waals surface area contributed by atoms with Crippen molar-refractivity contribution in [2.24, 2.45) is 5.73 Å². The van der Waals surface area contributed by atoms with E-state index in [0.717, 1.165) is 0 Å². The van der Waals surface area contributed by atoms with Crippen LogP contribution in [-0.2, 0) is 9.59 Å². The van der Waals surface area contributed by atoms with E-state index in [4.69, 9.17) is 5.73 Å². The minimum atomic E-state index is -5.55. The number of halogens is 6. The summed E-state index contributed by atoms with van der Waals surface area (Å²) < 4.78 is 73.1. The number of alkyl halides is 6. The molecule has 0 saturated carbocycles. The van der Waals surface area contributed by atoms with Crippen molar-refractivity contribution < 1.29 is 35.9 Å². The molecule has 11 heteroatoms. The normalized spacial score (nSPS) is 12.3. The van der Waals surface area contributed by atoms with Gasteiger partial charge in [-0.2, -0.15) is 26.3 Å². The zero-order chi connectivity index (χ0) is 16.7. The molecule has 0 unspecified atom stereocenters. The summed E-state index contributed by atoms with van der Waals surface area (Å²) in [6.45, 7) is -0.131. The summed E-state index contributed by atoms with van der Waals surface area (Å²) >= 11 is 0. The van der Waals surface area contributed by atoms with Crippen molar-refractivity contribution >= 4 is 11.8 Å². The molecule has 0 atom stereocenters. The maximum atomic E-state index is 12.2. The van der Waals surface area contributed by atoms with Crippen LogP contribution in [0.3, 0.4) is 0 Å². The van der Waals surface area contributed by atoms with Crippen molar-refractivity contribution in [3.05, 3.63) is 0 Å². The molecule has 2 amide bonds. The van der Waals surface area contributed by atoms with Crippen LogP contribution in [0, 0.1) is 0 Å². The Morgan fingerprint density at radius 2 is 1.33 bits per heavy atom. The van der Waals surface area contributed by atoms with Crippen molar-refractivity contribution in [3.8, 4) is 0 Å². The van der Waals surface area contributed by atoms with Crippen LogP contribution in [0.4, 0.5) is 26.3 Å². The van der Waals surface area contributed by atoms with Gasteiger partial charge in [-0.15, -0.1) is 0 Å². The zero-order valence-electron chi connectivity index (χ0n) is 10.9. The molecule has 5 nitrogen and oxygen atoms in total. The molecule has 21 heavy (non-hydrogen) atoms. The van der Waals surface area contributed by atoms with Crippen molar-refractivity contribution in [1.29, 1.82) is 0 Å². The SMILES string of the molecule is NCCCNCCCN(C(=O)C(F)(F)F)C(=O)C(F)(F)F. The monoisotopic (exact) mass is 323 g/mol. The molecule has 124 valence electrons. The molecule has 0 fully saturated rings. The average molecular weight is 323 g/mol. The molecule has 0 bridgehead atoms. The van der Waals surface area contributed by atoms with Crippen LogP contribution < -0.4 is 11.1 Å². The molecule has 0 aromatic rings. The van der Waals surface area contributed by atoms with E-state index in [1.165, 1.54) is 0 Å². The number of nitrogens with zero attached hydrogens (tertiary/aromatic N) is 1. The van der Waals surface area contributed by atoms with Crippen LogP contribution in [-0.4, -0.2) is 55.2 Å². The van der Waals surface area contributed by atoms with Crippen LogP contribution in [0.15, 0.2) is 0 Å². The molecule has 0 rings (SSSR count). The third-order valence-corrected chi connectivity index (χ3v) is 2.27. The quantitative estimate of drug-likeness (QED) is 0.537. The third-order valence-electron chi connectivity index (χ3n) is 2.27. The Hall–Kier alpha value is -1.36. The summed E-state index contributed by atoms with van der Waals surface area (Å²) in [5, 5.41) is 2.71. The molecule has 0 aliphatic heterocycles. The van der Waals surface area contributed by atoms with Gasteiger partial charge < -0.3 is 11.1 Å². The minimum Gasteiger partial charge on any atom is -0.330 e. The fourth-order valence-electron chi connectivity index (χ4n) is 1.32. The van der Waals surface area contributed by atoms with E-state index >= 15 is 0 Å². The fraction of sp³-hybridized carbons (Fsp3) is 0.800. The first kappa shape index (κ1) is 19.6. The Bertz CT molecular complexity index is 330. The Balaban J connectivity index is 4.62. The Kier molecular flexibility index (Phi) is 7.64. The number of hydrogen-bond donors (Lipinski definition) is 2. The van der Waals surface area contributed by atoms with Crippen LogP contribution in [0.25, 0.3) is 0 Å². The van der Waals surface area contributed by atoms with Gasteiger partial charge in [0.15, 0.2) is 0 Å². The predicted molar refractivity (Wildman–Crippen MR) is 60.0 cm³/mol. The van der Waals surface area contributed by atoms with Gasteiger partial charge in [0.1, 0.15) is 0 Å². The van der Waals surface area contributed by atoms with Gasteiger partial charge in [-0.05, 0) is 32.5 Å². The first-order valence-electron chi connectivity index (χ1n) is 5.92. The number of nitrogens with two attached hydrogens (primary N) is 1. The van der Waals surface area contributed by atoms with E-state index in [9.17, 15) is 35.9 Å². The lowest BCUT2D eigenvalue weighted by molar-refractivity contribution is -0.204. The van der Waals surface area contributed by atoms with Crippen molar-refractivity contribution in [2.75, 3.05) is 26.2 Å². The Morgan fingerprint density at radius 3 is 1.71 bits per heavy atom. The second-order valence-corrected chi connectivity index (χ2v) is 4.00. The summed E-state index contributed by atoms with van der Waals surface area (Å²) in [6.07, 6.45) is -10.8. The van der Waals surface area contributed by atoms with Crippen molar-refractivity contribution in [2.45, 2.75) is 25.2 Å². The van der Waals surface area contributed by atoms with Crippen LogP contribution in [0.5, 0.6) is 0 Å². The van der Waals surface area contributed by atoms with Gasteiger partial charge in [-0.1, -0.05) is 0 Å². The molecule has 0 aromatic carbocycles. The lowest BCUT2D eigenvalue weighted by atomic mass is 10.3. The summed E-state index contributed by atoms with van der Waals surface area (Å²) in [7, 11) is 0. The van der Waals surface area contributed by atoms with Crippen LogP contribution in [0.2, 0.25) is 0 Å². The van der Waals surface area contributed by atoms with E-state index in [2.05, 4.69) is 5.32 Å². The highest BCUT2D eigenvalue weighted by atomic mass is 19.4. The Labute approximate surface area is 116 Å². The molecule has 0 radical (unpaired) electrons. The van der Waals surface area contributed by atoms with E-state index in [1.54, 1.807) is 0 Å². The molecule has 0 saturated heterocycles. The lowest BCUT2D eigenvalue weighted by Crippen LogP contribution is -2.50. The predicted octanol–water partition coefficient (Wildman–Crippen LogP) is 0.795. The van der Waals surface area contributed by atoms with E-state index < -0.39 is 35.6 Å². The smallest absolute Gasteiger partial charge is 0.330 e. The molecule has 0 aromatic heterocycles. The Morgan fingerprint density at radius 1 is 0.905 bits per heavy atom. The second-order valence-electron chi connectivity index (χ2n) is 4.00. The fourth-order valence-corrected chi connectivity index (χ4v) is 1.32. The van der Waals surface area contributed by atoms with Crippen LogP contribution >= 0.6 is 0 Å². The van der Waals surface area contributed by atoms with Crippen LogP contribution in [0.1, 0.15) is 12.8 Å². The standard InChI is InChI=1S/C10H15F6N3O2/c11-9(12,13)7(20)19(8(21)10(14,15)16)6-2-5-18-4-1-3-17/h18H,1-6,17H2. The number of imide groups is 1. The first-order chi connectivity index (χ1) is 9.51. The molecular formula is C10H15F6N3O2. The third kappa shape index (κ3) is 7.27. The first-order valence-corrected chi connectivity index (χ1v) is 5.92. The van der Waals surface area contributed by atoms with Gasteiger partial charge in [0, 0.05) is 6.54 Å².